The maximum absolute atomic E-state index is 12.6. The van der Waals surface area contributed by atoms with Gasteiger partial charge in [-0.2, -0.15) is 10.1 Å². The van der Waals surface area contributed by atoms with Gasteiger partial charge in [0, 0.05) is 11.9 Å². The molecule has 0 aliphatic carbocycles. The van der Waals surface area contributed by atoms with Crippen molar-refractivity contribution in [2.45, 2.75) is 13.8 Å². The van der Waals surface area contributed by atoms with Gasteiger partial charge in [0.25, 0.3) is 5.91 Å². The van der Waals surface area contributed by atoms with Gasteiger partial charge in [0.2, 0.25) is 0 Å². The van der Waals surface area contributed by atoms with E-state index in [0.717, 1.165) is 11.4 Å². The predicted octanol–water partition coefficient (Wildman–Crippen LogP) is 3.80. The van der Waals surface area contributed by atoms with E-state index in [2.05, 4.69) is 10.4 Å². The highest BCUT2D eigenvalue weighted by atomic mass is 16.5. The van der Waals surface area contributed by atoms with Crippen LogP contribution in [0.2, 0.25) is 0 Å². The van der Waals surface area contributed by atoms with Gasteiger partial charge in [-0.05, 0) is 50.2 Å². The molecule has 5 heteroatoms. The summed E-state index contributed by atoms with van der Waals surface area (Å²) in [5, 5.41) is 8.90. The van der Waals surface area contributed by atoms with E-state index in [1.807, 2.05) is 68.4 Å². The second-order valence-electron chi connectivity index (χ2n) is 5.30. The van der Waals surface area contributed by atoms with Crippen molar-refractivity contribution in [3.8, 4) is 5.75 Å². The number of benzene rings is 2. The number of amides is 1. The van der Waals surface area contributed by atoms with Crippen LogP contribution in [0.15, 0.2) is 71.5 Å². The summed E-state index contributed by atoms with van der Waals surface area (Å²) in [4.78, 5) is 12.6. The van der Waals surface area contributed by atoms with Crippen molar-refractivity contribution in [3.05, 3.63) is 66.4 Å². The number of nitrogens with one attached hydrogen (secondary N) is 1. The lowest BCUT2D eigenvalue weighted by molar-refractivity contribution is -0.114. The second-order valence-corrected chi connectivity index (χ2v) is 5.30. The third-order valence-electron chi connectivity index (χ3n) is 3.61. The number of nitrogens with zero attached hydrogens (tertiary/aromatic N) is 2. The van der Waals surface area contributed by atoms with Crippen LogP contribution in [0.5, 0.6) is 5.75 Å². The largest absolute Gasteiger partial charge is 0.494 e. The van der Waals surface area contributed by atoms with Gasteiger partial charge < -0.3 is 10.1 Å². The first kappa shape index (κ1) is 15.8. The van der Waals surface area contributed by atoms with Crippen LogP contribution in [0.1, 0.15) is 13.8 Å². The topological polar surface area (TPSA) is 53.9 Å². The first-order valence-corrected chi connectivity index (χ1v) is 7.83. The molecule has 0 unspecified atom stereocenters. The summed E-state index contributed by atoms with van der Waals surface area (Å²) >= 11 is 0. The fourth-order valence-electron chi connectivity index (χ4n) is 2.40. The zero-order valence-electron chi connectivity index (χ0n) is 13.7. The molecule has 0 atom stereocenters. The minimum Gasteiger partial charge on any atom is -0.494 e. The lowest BCUT2D eigenvalue weighted by Crippen LogP contribution is -2.21. The molecule has 5 nitrogen and oxygen atoms in total. The van der Waals surface area contributed by atoms with Gasteiger partial charge in [-0.25, -0.2) is 0 Å². The summed E-state index contributed by atoms with van der Waals surface area (Å²) in [7, 11) is 0. The van der Waals surface area contributed by atoms with Crippen molar-refractivity contribution in [1.29, 1.82) is 0 Å². The molecular weight excluding hydrogens is 302 g/mol. The Morgan fingerprint density at radius 2 is 1.83 bits per heavy atom. The molecule has 2 aromatic rings. The van der Waals surface area contributed by atoms with Crippen molar-refractivity contribution in [3.63, 3.8) is 0 Å². The van der Waals surface area contributed by atoms with Gasteiger partial charge in [0.05, 0.1) is 23.6 Å². The van der Waals surface area contributed by atoms with Crippen molar-refractivity contribution in [2.24, 2.45) is 5.10 Å². The van der Waals surface area contributed by atoms with E-state index >= 15 is 0 Å². The number of hydrazone groups is 1. The van der Waals surface area contributed by atoms with Crippen molar-refractivity contribution >= 4 is 23.0 Å². The summed E-state index contributed by atoms with van der Waals surface area (Å²) in [6.07, 6.45) is 1.70. The summed E-state index contributed by atoms with van der Waals surface area (Å²) in [5.74, 6) is 0.621. The zero-order chi connectivity index (χ0) is 16.9. The average molecular weight is 321 g/mol. The summed E-state index contributed by atoms with van der Waals surface area (Å²) < 4.78 is 5.42. The van der Waals surface area contributed by atoms with Crippen LogP contribution < -0.4 is 15.1 Å². The highest BCUT2D eigenvalue weighted by molar-refractivity contribution is 6.29. The Morgan fingerprint density at radius 3 is 2.50 bits per heavy atom. The Balaban J connectivity index is 1.77. The minimum absolute atomic E-state index is 0.153. The fourth-order valence-corrected chi connectivity index (χ4v) is 2.40. The molecule has 1 heterocycles. The van der Waals surface area contributed by atoms with Crippen LogP contribution in [0.3, 0.4) is 0 Å². The molecule has 1 aliphatic rings. The molecular formula is C19H19N3O2. The molecule has 0 bridgehead atoms. The average Bonchev–Trinajstić information content (AvgIpc) is 2.89. The fraction of sp³-hybridized carbons (Fsp3) is 0.158. The highest BCUT2D eigenvalue weighted by Gasteiger charge is 2.28. The second kappa shape index (κ2) is 7.00. The van der Waals surface area contributed by atoms with E-state index in [-0.39, 0.29) is 5.91 Å². The molecule has 2 aromatic carbocycles. The van der Waals surface area contributed by atoms with Gasteiger partial charge in [-0.1, -0.05) is 18.2 Å². The molecule has 0 saturated heterocycles. The first-order valence-electron chi connectivity index (χ1n) is 7.83. The quantitative estimate of drug-likeness (QED) is 0.852. The van der Waals surface area contributed by atoms with E-state index in [9.17, 15) is 4.79 Å². The number of hydrogen-bond donors (Lipinski definition) is 1. The molecule has 24 heavy (non-hydrogen) atoms. The third-order valence-corrected chi connectivity index (χ3v) is 3.61. The Labute approximate surface area is 141 Å². The number of ether oxygens (including phenoxy) is 1. The number of para-hydroxylation sites is 1. The number of hydrogen-bond acceptors (Lipinski definition) is 4. The number of carbonyl (C=O) groups is 1. The lowest BCUT2D eigenvalue weighted by Gasteiger charge is -2.12. The van der Waals surface area contributed by atoms with Gasteiger partial charge in [-0.3, -0.25) is 4.79 Å². The Hall–Kier alpha value is -3.08. The standard InChI is InChI=1S/C19H19N3O2/c1-3-24-17-11-9-16(10-12-17)22-19(23)18(14(2)21-22)13-20-15-7-5-4-6-8-15/h4-13,20H,3H2,1-2H3. The van der Waals surface area contributed by atoms with Gasteiger partial charge in [-0.15, -0.1) is 0 Å². The predicted molar refractivity (Wildman–Crippen MR) is 96.4 cm³/mol. The molecule has 122 valence electrons. The van der Waals surface area contributed by atoms with Crippen LogP contribution in [-0.2, 0) is 4.79 Å². The molecule has 3 rings (SSSR count). The van der Waals surface area contributed by atoms with E-state index in [1.165, 1.54) is 5.01 Å². The number of anilines is 2. The van der Waals surface area contributed by atoms with Crippen LogP contribution in [0.4, 0.5) is 11.4 Å². The zero-order valence-corrected chi connectivity index (χ0v) is 13.7. The Kier molecular flexibility index (Phi) is 4.61. The molecule has 0 spiro atoms. The normalized spacial score (nSPS) is 15.6. The van der Waals surface area contributed by atoms with Gasteiger partial charge in [0.1, 0.15) is 5.75 Å². The smallest absolute Gasteiger partial charge is 0.282 e. The van der Waals surface area contributed by atoms with Crippen molar-refractivity contribution < 1.29 is 9.53 Å². The van der Waals surface area contributed by atoms with E-state index in [4.69, 9.17) is 4.74 Å². The summed E-state index contributed by atoms with van der Waals surface area (Å²) in [6, 6.07) is 17.0. The maximum Gasteiger partial charge on any atom is 0.282 e. The molecule has 0 saturated carbocycles. The summed E-state index contributed by atoms with van der Waals surface area (Å²) in [6.45, 7) is 4.37. The minimum atomic E-state index is -0.153. The van der Waals surface area contributed by atoms with Gasteiger partial charge in [0.15, 0.2) is 0 Å². The molecule has 0 radical (unpaired) electrons. The molecule has 1 amide bonds. The van der Waals surface area contributed by atoms with E-state index in [1.54, 1.807) is 6.20 Å². The van der Waals surface area contributed by atoms with Crippen LogP contribution in [0, 0.1) is 0 Å². The Bertz CT molecular complexity index is 780. The Morgan fingerprint density at radius 1 is 1.12 bits per heavy atom. The molecule has 1 N–H and O–H groups in total. The molecule has 0 fully saturated rings. The van der Waals surface area contributed by atoms with E-state index in [0.29, 0.717) is 23.6 Å². The van der Waals surface area contributed by atoms with Crippen molar-refractivity contribution in [1.82, 2.24) is 0 Å². The SMILES string of the molecule is CCOc1ccc(N2N=C(C)C(=CNc3ccccc3)C2=O)cc1. The molecule has 0 aromatic heterocycles. The monoisotopic (exact) mass is 321 g/mol. The first-order chi connectivity index (χ1) is 11.7. The number of carbonyl (C=O) groups excluding carboxylic acids is 1. The lowest BCUT2D eigenvalue weighted by atomic mass is 10.2. The van der Waals surface area contributed by atoms with Crippen LogP contribution in [-0.4, -0.2) is 18.2 Å². The summed E-state index contributed by atoms with van der Waals surface area (Å²) in [5.41, 5.74) is 2.86. The maximum atomic E-state index is 12.6. The molecule has 1 aliphatic heterocycles. The highest BCUT2D eigenvalue weighted by Crippen LogP contribution is 2.25. The third kappa shape index (κ3) is 3.30. The van der Waals surface area contributed by atoms with Gasteiger partial charge >= 0.3 is 0 Å². The number of rotatable bonds is 5. The van der Waals surface area contributed by atoms with Crippen molar-refractivity contribution in [2.75, 3.05) is 16.9 Å². The van der Waals surface area contributed by atoms with Crippen LogP contribution >= 0.6 is 0 Å². The van der Waals surface area contributed by atoms with E-state index < -0.39 is 0 Å². The van der Waals surface area contributed by atoms with Crippen LogP contribution in [0.25, 0.3) is 0 Å².